The molecule has 5 rings (SSSR count). The summed E-state index contributed by atoms with van der Waals surface area (Å²) < 4.78 is 6.01. The Labute approximate surface area is 231 Å². The summed E-state index contributed by atoms with van der Waals surface area (Å²) in [5.74, 6) is 1.50. The van der Waals surface area contributed by atoms with Crippen LogP contribution in [-0.4, -0.2) is 53.5 Å². The van der Waals surface area contributed by atoms with Gasteiger partial charge in [-0.25, -0.2) is 4.79 Å². The first-order valence-corrected chi connectivity index (χ1v) is 14.0. The van der Waals surface area contributed by atoms with Crippen LogP contribution in [0.25, 0.3) is 10.8 Å². The molecule has 0 bridgehead atoms. The van der Waals surface area contributed by atoms with E-state index in [0.717, 1.165) is 50.1 Å². The maximum atomic E-state index is 13.7. The number of hydrogen-bond donors (Lipinski definition) is 1. The fourth-order valence-corrected chi connectivity index (χ4v) is 5.59. The van der Waals surface area contributed by atoms with Gasteiger partial charge < -0.3 is 19.9 Å². The molecule has 0 saturated carbocycles. The molecule has 1 aliphatic rings. The fraction of sp³-hybridized carbons (Fsp3) is 0.333. The van der Waals surface area contributed by atoms with Crippen LogP contribution < -0.4 is 10.1 Å². The summed E-state index contributed by atoms with van der Waals surface area (Å²) in [5.41, 5.74) is 2.32. The summed E-state index contributed by atoms with van der Waals surface area (Å²) in [6, 6.07) is 26.9. The van der Waals surface area contributed by atoms with Crippen LogP contribution in [0.3, 0.4) is 0 Å². The van der Waals surface area contributed by atoms with Crippen molar-refractivity contribution in [2.75, 3.05) is 26.7 Å². The number of aryl methyl sites for hydroxylation is 1. The third-order valence-electron chi connectivity index (χ3n) is 7.72. The first kappa shape index (κ1) is 26.7. The molecule has 1 aliphatic heterocycles. The highest BCUT2D eigenvalue weighted by atomic mass is 16.5. The molecule has 2 heterocycles. The number of carbonyl (C=O) groups is 1. The normalized spacial score (nSPS) is 15.1. The lowest BCUT2D eigenvalue weighted by Crippen LogP contribution is -2.50. The minimum absolute atomic E-state index is 0.0265. The van der Waals surface area contributed by atoms with Crippen LogP contribution in [0.4, 0.5) is 4.79 Å². The van der Waals surface area contributed by atoms with Crippen molar-refractivity contribution in [1.82, 2.24) is 20.1 Å². The predicted octanol–water partition coefficient (Wildman–Crippen LogP) is 6.83. The van der Waals surface area contributed by atoms with E-state index in [0.29, 0.717) is 12.3 Å². The van der Waals surface area contributed by atoms with E-state index in [1.807, 2.05) is 29.2 Å². The molecule has 1 aromatic heterocycles. The summed E-state index contributed by atoms with van der Waals surface area (Å²) in [4.78, 5) is 22.2. The lowest BCUT2D eigenvalue weighted by Gasteiger charge is -2.37. The van der Waals surface area contributed by atoms with Crippen LogP contribution in [-0.2, 0) is 6.42 Å². The SMILES string of the molecule is CCN(C(=O)NC(CCc1cccc(Oc2cccnc2)c1)c1cccc2ccccc12)C1CCN(C)CC1. The zero-order chi connectivity index (χ0) is 27.0. The molecule has 3 aromatic carbocycles. The van der Waals surface area contributed by atoms with Gasteiger partial charge in [0.2, 0.25) is 0 Å². The van der Waals surface area contributed by atoms with Gasteiger partial charge in [0, 0.05) is 18.8 Å². The van der Waals surface area contributed by atoms with E-state index in [2.05, 4.69) is 83.8 Å². The smallest absolute Gasteiger partial charge is 0.318 e. The summed E-state index contributed by atoms with van der Waals surface area (Å²) in [6.07, 6.45) is 7.06. The number of hydrogen-bond acceptors (Lipinski definition) is 4. The number of carbonyl (C=O) groups excluding carboxylic acids is 1. The Kier molecular flexibility index (Phi) is 8.74. The highest BCUT2D eigenvalue weighted by Crippen LogP contribution is 2.29. The van der Waals surface area contributed by atoms with E-state index >= 15 is 0 Å². The first-order valence-electron chi connectivity index (χ1n) is 14.0. The van der Waals surface area contributed by atoms with Gasteiger partial charge in [0.1, 0.15) is 11.5 Å². The van der Waals surface area contributed by atoms with Gasteiger partial charge in [0.05, 0.1) is 12.2 Å². The largest absolute Gasteiger partial charge is 0.456 e. The van der Waals surface area contributed by atoms with Gasteiger partial charge in [-0.1, -0.05) is 54.6 Å². The number of rotatable bonds is 9. The van der Waals surface area contributed by atoms with Gasteiger partial charge in [-0.2, -0.15) is 0 Å². The van der Waals surface area contributed by atoms with Crippen LogP contribution >= 0.6 is 0 Å². The second kappa shape index (κ2) is 12.8. The molecule has 39 heavy (non-hydrogen) atoms. The summed E-state index contributed by atoms with van der Waals surface area (Å²) >= 11 is 0. The molecule has 6 heteroatoms. The Morgan fingerprint density at radius 2 is 1.79 bits per heavy atom. The van der Waals surface area contributed by atoms with Gasteiger partial charge in [-0.15, -0.1) is 0 Å². The zero-order valence-corrected chi connectivity index (χ0v) is 22.9. The van der Waals surface area contributed by atoms with Crippen molar-refractivity contribution in [2.24, 2.45) is 0 Å². The van der Waals surface area contributed by atoms with E-state index < -0.39 is 0 Å². The number of amides is 2. The molecule has 2 amide bonds. The molecular weight excluding hydrogens is 484 g/mol. The second-order valence-corrected chi connectivity index (χ2v) is 10.4. The Balaban J connectivity index is 1.36. The summed E-state index contributed by atoms with van der Waals surface area (Å²) in [7, 11) is 2.15. The van der Waals surface area contributed by atoms with Crippen LogP contribution in [0, 0.1) is 0 Å². The Hall–Kier alpha value is -3.90. The molecule has 6 nitrogen and oxygen atoms in total. The van der Waals surface area contributed by atoms with Gasteiger partial charge in [0.25, 0.3) is 0 Å². The number of piperidine rings is 1. The van der Waals surface area contributed by atoms with Gasteiger partial charge in [0.15, 0.2) is 0 Å². The maximum Gasteiger partial charge on any atom is 0.318 e. The van der Waals surface area contributed by atoms with Crippen LogP contribution in [0.5, 0.6) is 11.5 Å². The quantitative estimate of drug-likeness (QED) is 0.262. The third-order valence-corrected chi connectivity index (χ3v) is 7.72. The number of nitrogens with one attached hydrogen (secondary N) is 1. The van der Waals surface area contributed by atoms with Gasteiger partial charge in [-0.05, 0) is 98.9 Å². The standard InChI is InChI=1S/C33H38N4O2/c1-3-37(27-18-21-36(2)22-19-27)33(38)35-32(31-15-7-11-26-10-4-5-14-30(26)31)17-16-25-9-6-12-28(23-25)39-29-13-8-20-34-24-29/h4-15,20,23-24,27,32H,3,16-19,21-22H2,1-2H3,(H,35,38). The Bertz CT molecular complexity index is 1360. The molecule has 202 valence electrons. The molecule has 1 atom stereocenters. The van der Waals surface area contributed by atoms with Crippen LogP contribution in [0.1, 0.15) is 43.4 Å². The van der Waals surface area contributed by atoms with E-state index in [4.69, 9.17) is 4.74 Å². The number of ether oxygens (including phenoxy) is 1. The van der Waals surface area contributed by atoms with Crippen molar-refractivity contribution >= 4 is 16.8 Å². The van der Waals surface area contributed by atoms with Crippen molar-refractivity contribution in [3.8, 4) is 11.5 Å². The van der Waals surface area contributed by atoms with Crippen molar-refractivity contribution in [2.45, 2.75) is 44.7 Å². The average Bonchev–Trinajstić information content (AvgIpc) is 2.97. The third kappa shape index (κ3) is 6.76. The number of nitrogens with zero attached hydrogens (tertiary/aromatic N) is 3. The molecule has 1 fully saturated rings. The zero-order valence-electron chi connectivity index (χ0n) is 22.9. The van der Waals surface area contributed by atoms with Crippen molar-refractivity contribution < 1.29 is 9.53 Å². The predicted molar refractivity (Wildman–Crippen MR) is 157 cm³/mol. The van der Waals surface area contributed by atoms with Crippen molar-refractivity contribution in [3.63, 3.8) is 0 Å². The highest BCUT2D eigenvalue weighted by molar-refractivity contribution is 5.86. The number of pyridine rings is 1. The Morgan fingerprint density at radius 1 is 1.03 bits per heavy atom. The average molecular weight is 523 g/mol. The summed E-state index contributed by atoms with van der Waals surface area (Å²) in [5, 5.41) is 5.81. The number of urea groups is 1. The number of likely N-dealkylation sites (tertiary alicyclic amines) is 1. The number of benzene rings is 3. The molecule has 4 aromatic rings. The Morgan fingerprint density at radius 3 is 2.59 bits per heavy atom. The molecule has 0 spiro atoms. The van der Waals surface area contributed by atoms with Crippen LogP contribution in [0.2, 0.25) is 0 Å². The molecule has 1 N–H and O–H groups in total. The van der Waals surface area contributed by atoms with E-state index in [9.17, 15) is 4.79 Å². The van der Waals surface area contributed by atoms with Crippen molar-refractivity contribution in [1.29, 1.82) is 0 Å². The summed E-state index contributed by atoms with van der Waals surface area (Å²) in [6.45, 7) is 4.84. The molecule has 1 saturated heterocycles. The fourth-order valence-electron chi connectivity index (χ4n) is 5.59. The molecule has 1 unspecified atom stereocenters. The molecule has 0 aliphatic carbocycles. The lowest BCUT2D eigenvalue weighted by atomic mass is 9.94. The van der Waals surface area contributed by atoms with E-state index in [1.165, 1.54) is 16.3 Å². The second-order valence-electron chi connectivity index (χ2n) is 10.4. The number of fused-ring (bicyclic) bond motifs is 1. The molecular formula is C33H38N4O2. The van der Waals surface area contributed by atoms with Crippen LogP contribution in [0.15, 0.2) is 91.3 Å². The van der Waals surface area contributed by atoms with Gasteiger partial charge in [-0.3, -0.25) is 4.98 Å². The van der Waals surface area contributed by atoms with Gasteiger partial charge >= 0.3 is 6.03 Å². The highest BCUT2D eigenvalue weighted by Gasteiger charge is 2.28. The van der Waals surface area contributed by atoms with Crippen molar-refractivity contribution in [3.05, 3.63) is 102 Å². The van der Waals surface area contributed by atoms with E-state index in [-0.39, 0.29) is 18.1 Å². The van der Waals surface area contributed by atoms with E-state index in [1.54, 1.807) is 12.4 Å². The molecule has 0 radical (unpaired) electrons. The minimum atomic E-state index is -0.119. The lowest BCUT2D eigenvalue weighted by molar-refractivity contribution is 0.132. The monoisotopic (exact) mass is 522 g/mol. The first-order chi connectivity index (χ1) is 19.1. The minimum Gasteiger partial charge on any atom is -0.456 e. The topological polar surface area (TPSA) is 57.7 Å². The number of aromatic nitrogens is 1. The maximum absolute atomic E-state index is 13.7.